The third kappa shape index (κ3) is 4.80. The maximum atomic E-state index is 13.7. The second-order valence-electron chi connectivity index (χ2n) is 8.11. The van der Waals surface area contributed by atoms with E-state index in [-0.39, 0.29) is 24.9 Å². The topological polar surface area (TPSA) is 100 Å². The van der Waals surface area contributed by atoms with E-state index in [9.17, 15) is 14.4 Å². The van der Waals surface area contributed by atoms with E-state index in [2.05, 4.69) is 5.32 Å². The summed E-state index contributed by atoms with van der Waals surface area (Å²) in [6.07, 6.45) is 0.469. The van der Waals surface area contributed by atoms with Crippen molar-refractivity contribution in [1.29, 1.82) is 0 Å². The van der Waals surface area contributed by atoms with Crippen LogP contribution in [0.4, 0.5) is 0 Å². The van der Waals surface area contributed by atoms with Gasteiger partial charge in [-0.1, -0.05) is 25.1 Å². The van der Waals surface area contributed by atoms with Gasteiger partial charge in [-0.2, -0.15) is 0 Å². The van der Waals surface area contributed by atoms with Crippen LogP contribution in [0.1, 0.15) is 38.7 Å². The molecule has 1 heterocycles. The standard InChI is InChI=1S/C25H31NO7/c1-6-32-11-12-33-25(29)20-15(3)26-17-13-14(2)19(24(28)31-5)23(27)22(17)21(20)16-9-7-8-10-18(16)30-4/h7-10,14,19,21,26H,6,11-13H2,1-5H3/t14-,19-,21+/m1/s1. The summed E-state index contributed by atoms with van der Waals surface area (Å²) in [6.45, 7) is 6.37. The zero-order valence-electron chi connectivity index (χ0n) is 19.7. The highest BCUT2D eigenvalue weighted by molar-refractivity contribution is 6.12. The van der Waals surface area contributed by atoms with E-state index < -0.39 is 23.8 Å². The Morgan fingerprint density at radius 1 is 1.15 bits per heavy atom. The number of methoxy groups -OCH3 is 2. The highest BCUT2D eigenvalue weighted by atomic mass is 16.6. The van der Waals surface area contributed by atoms with Gasteiger partial charge in [0, 0.05) is 29.1 Å². The second-order valence-corrected chi connectivity index (χ2v) is 8.11. The Hall–Kier alpha value is -3.13. The van der Waals surface area contributed by atoms with E-state index in [1.807, 2.05) is 32.0 Å². The molecule has 0 spiro atoms. The molecule has 3 atom stereocenters. The molecule has 33 heavy (non-hydrogen) atoms. The van der Waals surface area contributed by atoms with E-state index in [1.165, 1.54) is 14.2 Å². The molecule has 1 aliphatic heterocycles. The maximum absolute atomic E-state index is 13.7. The Kier molecular flexibility index (Phi) is 7.92. The molecule has 0 bridgehead atoms. The number of hydrogen-bond acceptors (Lipinski definition) is 8. The molecule has 1 aromatic rings. The zero-order chi connectivity index (χ0) is 24.1. The molecule has 1 aliphatic carbocycles. The van der Waals surface area contributed by atoms with Crippen LogP contribution in [0.5, 0.6) is 5.75 Å². The Bertz CT molecular complexity index is 994. The van der Waals surface area contributed by atoms with Crippen LogP contribution in [-0.2, 0) is 28.6 Å². The minimum Gasteiger partial charge on any atom is -0.496 e. The number of dihydropyridines is 1. The Labute approximate surface area is 193 Å². The minimum atomic E-state index is -0.943. The molecule has 3 rings (SSSR count). The third-order valence-corrected chi connectivity index (χ3v) is 6.08. The van der Waals surface area contributed by atoms with Crippen molar-refractivity contribution in [3.63, 3.8) is 0 Å². The predicted octanol–water partition coefficient (Wildman–Crippen LogP) is 2.89. The maximum Gasteiger partial charge on any atom is 0.336 e. The molecule has 0 fully saturated rings. The van der Waals surface area contributed by atoms with Crippen molar-refractivity contribution < 1.29 is 33.3 Å². The zero-order valence-corrected chi connectivity index (χ0v) is 19.7. The highest BCUT2D eigenvalue weighted by Gasteiger charge is 2.47. The number of para-hydroxylation sites is 1. The van der Waals surface area contributed by atoms with Crippen LogP contribution < -0.4 is 10.1 Å². The summed E-state index contributed by atoms with van der Waals surface area (Å²) in [5.41, 5.74) is 2.63. The van der Waals surface area contributed by atoms with E-state index in [0.717, 1.165) is 0 Å². The highest BCUT2D eigenvalue weighted by Crippen LogP contribution is 2.47. The molecular formula is C25H31NO7. The molecule has 178 valence electrons. The minimum absolute atomic E-state index is 0.0871. The van der Waals surface area contributed by atoms with Crippen LogP contribution in [0, 0.1) is 11.8 Å². The smallest absolute Gasteiger partial charge is 0.336 e. The summed E-state index contributed by atoms with van der Waals surface area (Å²) in [7, 11) is 2.81. The summed E-state index contributed by atoms with van der Waals surface area (Å²) in [6, 6.07) is 7.23. The van der Waals surface area contributed by atoms with Gasteiger partial charge in [0.1, 0.15) is 18.3 Å². The first-order valence-electron chi connectivity index (χ1n) is 11.1. The molecular weight excluding hydrogens is 426 g/mol. The molecule has 1 N–H and O–H groups in total. The summed E-state index contributed by atoms with van der Waals surface area (Å²) in [5.74, 6) is -2.89. The van der Waals surface area contributed by atoms with Crippen molar-refractivity contribution in [3.05, 3.63) is 52.4 Å². The number of hydrogen-bond donors (Lipinski definition) is 1. The molecule has 0 aromatic heterocycles. The number of rotatable bonds is 8. The number of carbonyl (C=O) groups excluding carboxylic acids is 3. The van der Waals surface area contributed by atoms with Gasteiger partial charge >= 0.3 is 11.9 Å². The SMILES string of the molecule is CCOCCOC(=O)C1=C(C)NC2=C(C(=O)[C@H](C(=O)OC)[C@H](C)C2)[C@H]1c1ccccc1OC. The number of carbonyl (C=O) groups is 3. The van der Waals surface area contributed by atoms with Crippen molar-refractivity contribution in [2.75, 3.05) is 34.0 Å². The lowest BCUT2D eigenvalue weighted by molar-refractivity contribution is -0.151. The molecule has 0 unspecified atom stereocenters. The van der Waals surface area contributed by atoms with E-state index in [0.29, 0.717) is 46.9 Å². The van der Waals surface area contributed by atoms with Crippen LogP contribution >= 0.6 is 0 Å². The molecule has 2 aliphatic rings. The van der Waals surface area contributed by atoms with Gasteiger partial charge < -0.3 is 24.3 Å². The molecule has 1 aromatic carbocycles. The number of ketones is 1. The number of Topliss-reactive ketones (excluding diaryl/α,β-unsaturated/α-hetero) is 1. The molecule has 8 heteroatoms. The first-order valence-corrected chi connectivity index (χ1v) is 11.1. The summed E-state index contributed by atoms with van der Waals surface area (Å²) >= 11 is 0. The third-order valence-electron chi connectivity index (χ3n) is 6.08. The van der Waals surface area contributed by atoms with Crippen molar-refractivity contribution in [2.24, 2.45) is 11.8 Å². The van der Waals surface area contributed by atoms with Crippen molar-refractivity contribution in [1.82, 2.24) is 5.32 Å². The fourth-order valence-corrected chi connectivity index (χ4v) is 4.58. The molecule has 0 radical (unpaired) electrons. The van der Waals surface area contributed by atoms with E-state index in [4.69, 9.17) is 18.9 Å². The lowest BCUT2D eigenvalue weighted by Gasteiger charge is -2.38. The second kappa shape index (κ2) is 10.7. The average Bonchev–Trinajstić information content (AvgIpc) is 2.80. The molecule has 8 nitrogen and oxygen atoms in total. The van der Waals surface area contributed by atoms with Gasteiger partial charge in [0.2, 0.25) is 0 Å². The van der Waals surface area contributed by atoms with Gasteiger partial charge in [-0.05, 0) is 32.3 Å². The fourth-order valence-electron chi connectivity index (χ4n) is 4.58. The quantitative estimate of drug-likeness (QED) is 0.361. The number of esters is 2. The average molecular weight is 458 g/mol. The summed E-state index contributed by atoms with van der Waals surface area (Å²) in [5, 5.41) is 3.24. The molecule has 0 saturated heterocycles. The number of benzene rings is 1. The summed E-state index contributed by atoms with van der Waals surface area (Å²) in [4.78, 5) is 39.4. The van der Waals surface area contributed by atoms with Crippen LogP contribution in [0.15, 0.2) is 46.8 Å². The normalized spacial score (nSPS) is 22.5. The van der Waals surface area contributed by atoms with Gasteiger partial charge in [-0.25, -0.2) is 4.79 Å². The van der Waals surface area contributed by atoms with Gasteiger partial charge in [-0.3, -0.25) is 9.59 Å². The van der Waals surface area contributed by atoms with Crippen LogP contribution in [0.2, 0.25) is 0 Å². The van der Waals surface area contributed by atoms with Gasteiger partial charge in [0.25, 0.3) is 0 Å². The largest absolute Gasteiger partial charge is 0.496 e. The van der Waals surface area contributed by atoms with Crippen LogP contribution in [0.25, 0.3) is 0 Å². The van der Waals surface area contributed by atoms with Crippen molar-refractivity contribution in [2.45, 2.75) is 33.1 Å². The van der Waals surface area contributed by atoms with Crippen LogP contribution in [0.3, 0.4) is 0 Å². The van der Waals surface area contributed by atoms with Gasteiger partial charge in [0.05, 0.1) is 32.3 Å². The van der Waals surface area contributed by atoms with Gasteiger partial charge in [-0.15, -0.1) is 0 Å². The lowest BCUT2D eigenvalue weighted by atomic mass is 9.69. The molecule has 0 saturated carbocycles. The number of ether oxygens (including phenoxy) is 4. The monoisotopic (exact) mass is 457 g/mol. The van der Waals surface area contributed by atoms with Crippen LogP contribution in [-0.4, -0.2) is 51.8 Å². The number of nitrogens with one attached hydrogen (secondary N) is 1. The fraction of sp³-hybridized carbons (Fsp3) is 0.480. The van der Waals surface area contributed by atoms with Crippen molar-refractivity contribution >= 4 is 17.7 Å². The van der Waals surface area contributed by atoms with Crippen molar-refractivity contribution in [3.8, 4) is 5.75 Å². The number of allylic oxidation sites excluding steroid dienone is 3. The lowest BCUT2D eigenvalue weighted by Crippen LogP contribution is -2.43. The first-order chi connectivity index (χ1) is 15.8. The first kappa shape index (κ1) is 24.5. The van der Waals surface area contributed by atoms with E-state index in [1.54, 1.807) is 13.0 Å². The predicted molar refractivity (Wildman–Crippen MR) is 120 cm³/mol. The summed E-state index contributed by atoms with van der Waals surface area (Å²) < 4.78 is 21.2. The Balaban J connectivity index is 2.12. The molecule has 0 amide bonds. The Morgan fingerprint density at radius 2 is 1.88 bits per heavy atom. The Morgan fingerprint density at radius 3 is 2.55 bits per heavy atom. The van der Waals surface area contributed by atoms with Gasteiger partial charge in [0.15, 0.2) is 5.78 Å². The van der Waals surface area contributed by atoms with E-state index >= 15 is 0 Å².